The maximum absolute atomic E-state index is 11.1. The molecule has 0 aliphatic carbocycles. The van der Waals surface area contributed by atoms with Gasteiger partial charge in [-0.05, 0) is 27.7 Å². The van der Waals surface area contributed by atoms with Crippen LogP contribution in [0.2, 0.25) is 0 Å². The highest BCUT2D eigenvalue weighted by Crippen LogP contribution is 2.32. The lowest BCUT2D eigenvalue weighted by atomic mass is 9.99. The van der Waals surface area contributed by atoms with Crippen molar-refractivity contribution in [2.45, 2.75) is 38.9 Å². The summed E-state index contributed by atoms with van der Waals surface area (Å²) in [5, 5.41) is 13.9. The highest BCUT2D eigenvalue weighted by atomic mass is 16.6. The summed E-state index contributed by atoms with van der Waals surface area (Å²) in [6.07, 6.45) is 0. The van der Waals surface area contributed by atoms with Crippen LogP contribution in [0.5, 0.6) is 0 Å². The van der Waals surface area contributed by atoms with Crippen LogP contribution in [0.15, 0.2) is 12.1 Å². The molecule has 0 saturated carbocycles. The monoisotopic (exact) mass is 294 g/mol. The van der Waals surface area contributed by atoms with Gasteiger partial charge in [-0.15, -0.1) is 0 Å². The molecule has 1 N–H and O–H groups in total. The molecule has 1 aliphatic heterocycles. The van der Waals surface area contributed by atoms with Gasteiger partial charge in [0.1, 0.15) is 11.6 Å². The number of hydrogen-bond acceptors (Lipinski definition) is 6. The Morgan fingerprint density at radius 3 is 2.33 bits per heavy atom. The van der Waals surface area contributed by atoms with E-state index in [9.17, 15) is 10.1 Å². The van der Waals surface area contributed by atoms with E-state index in [1.807, 2.05) is 32.6 Å². The molecule has 1 aromatic heterocycles. The van der Waals surface area contributed by atoms with Crippen LogP contribution in [-0.2, 0) is 4.74 Å². The lowest BCUT2D eigenvalue weighted by Crippen LogP contribution is -2.57. The molecule has 0 amide bonds. The summed E-state index contributed by atoms with van der Waals surface area (Å²) in [6, 6.07) is 2.94. The summed E-state index contributed by atoms with van der Waals surface area (Å²) in [5.74, 6) is 1.08. The van der Waals surface area contributed by atoms with E-state index in [4.69, 9.17) is 4.74 Å². The fraction of sp³-hybridized carbons (Fsp3) is 0.643. The molecule has 0 aromatic carbocycles. The number of rotatable bonds is 3. The van der Waals surface area contributed by atoms with Gasteiger partial charge in [0.15, 0.2) is 0 Å². The van der Waals surface area contributed by atoms with E-state index in [0.29, 0.717) is 24.7 Å². The summed E-state index contributed by atoms with van der Waals surface area (Å²) in [6.45, 7) is 9.31. The van der Waals surface area contributed by atoms with Gasteiger partial charge in [0.2, 0.25) is 0 Å². The van der Waals surface area contributed by atoms with E-state index in [-0.39, 0.29) is 16.9 Å². The number of nitrogens with one attached hydrogen (secondary N) is 1. The Morgan fingerprint density at radius 2 is 1.86 bits per heavy atom. The molecule has 2 rings (SSSR count). The fourth-order valence-corrected chi connectivity index (χ4v) is 2.85. The van der Waals surface area contributed by atoms with Crippen LogP contribution in [0.4, 0.5) is 17.3 Å². The second-order valence-corrected chi connectivity index (χ2v) is 6.55. The molecule has 1 saturated heterocycles. The largest absolute Gasteiger partial charge is 0.373 e. The van der Waals surface area contributed by atoms with Gasteiger partial charge in [-0.25, -0.2) is 4.98 Å². The molecule has 116 valence electrons. The molecule has 0 unspecified atom stereocenters. The normalized spacial score (nSPS) is 20.1. The van der Waals surface area contributed by atoms with Crippen LogP contribution in [0.1, 0.15) is 27.7 Å². The molecule has 7 nitrogen and oxygen atoms in total. The van der Waals surface area contributed by atoms with Crippen molar-refractivity contribution in [1.82, 2.24) is 4.98 Å². The lowest BCUT2D eigenvalue weighted by molar-refractivity contribution is -0.384. The highest BCUT2D eigenvalue weighted by molar-refractivity contribution is 5.56. The first-order valence-electron chi connectivity index (χ1n) is 6.91. The number of morpholine rings is 1. The van der Waals surface area contributed by atoms with Crippen LogP contribution in [0, 0.1) is 10.1 Å². The third kappa shape index (κ3) is 3.60. The zero-order valence-electron chi connectivity index (χ0n) is 13.1. The number of nitrogens with zero attached hydrogens (tertiary/aromatic N) is 3. The zero-order chi connectivity index (χ0) is 15.8. The number of nitro groups is 1. The minimum Gasteiger partial charge on any atom is -0.373 e. The third-order valence-electron chi connectivity index (χ3n) is 3.28. The summed E-state index contributed by atoms with van der Waals surface area (Å²) < 4.78 is 6.03. The Bertz CT molecular complexity index is 541. The van der Waals surface area contributed by atoms with Crippen molar-refractivity contribution in [1.29, 1.82) is 0 Å². The van der Waals surface area contributed by atoms with E-state index >= 15 is 0 Å². The Morgan fingerprint density at radius 1 is 1.29 bits per heavy atom. The van der Waals surface area contributed by atoms with Gasteiger partial charge in [0.25, 0.3) is 5.69 Å². The maximum atomic E-state index is 11.1. The van der Waals surface area contributed by atoms with Crippen molar-refractivity contribution in [3.05, 3.63) is 22.2 Å². The number of ether oxygens (including phenoxy) is 1. The van der Waals surface area contributed by atoms with Crippen LogP contribution in [-0.4, -0.2) is 41.2 Å². The second kappa shape index (κ2) is 5.14. The first-order chi connectivity index (χ1) is 9.62. The van der Waals surface area contributed by atoms with E-state index in [0.717, 1.165) is 0 Å². The van der Waals surface area contributed by atoms with Gasteiger partial charge in [-0.3, -0.25) is 10.1 Å². The molecule has 21 heavy (non-hydrogen) atoms. The van der Waals surface area contributed by atoms with Crippen LogP contribution in [0.25, 0.3) is 0 Å². The first-order valence-corrected chi connectivity index (χ1v) is 6.91. The molecule has 1 aliphatic rings. The average molecular weight is 294 g/mol. The van der Waals surface area contributed by atoms with Crippen LogP contribution in [0.3, 0.4) is 0 Å². The van der Waals surface area contributed by atoms with Crippen molar-refractivity contribution >= 4 is 17.3 Å². The Kier molecular flexibility index (Phi) is 3.79. The standard InChI is InChI=1S/C14H22N4O3/c1-13(2)8-17(9-14(3,4)21-13)12-7-10(18(19)20)6-11(15-5)16-12/h6-7H,8-9H2,1-5H3,(H,15,16). The smallest absolute Gasteiger partial charge is 0.276 e. The fourth-order valence-electron chi connectivity index (χ4n) is 2.85. The van der Waals surface area contributed by atoms with Crippen molar-refractivity contribution < 1.29 is 9.66 Å². The third-order valence-corrected chi connectivity index (χ3v) is 3.28. The molecule has 2 heterocycles. The minimum atomic E-state index is -0.400. The van der Waals surface area contributed by atoms with E-state index < -0.39 is 4.92 Å². The van der Waals surface area contributed by atoms with Crippen molar-refractivity contribution in [3.63, 3.8) is 0 Å². The molecule has 1 aromatic rings. The first kappa shape index (κ1) is 15.5. The predicted octanol–water partition coefficient (Wildman–Crippen LogP) is 2.43. The van der Waals surface area contributed by atoms with Crippen molar-refractivity contribution in [2.24, 2.45) is 0 Å². The number of hydrogen-bond donors (Lipinski definition) is 1. The molecular formula is C14H22N4O3. The van der Waals surface area contributed by atoms with Gasteiger partial charge in [-0.2, -0.15) is 0 Å². The molecule has 0 atom stereocenters. The Hall–Kier alpha value is -1.89. The topological polar surface area (TPSA) is 80.5 Å². The summed E-state index contributed by atoms with van der Waals surface area (Å²) in [7, 11) is 1.70. The lowest BCUT2D eigenvalue weighted by Gasteiger charge is -2.47. The number of aromatic nitrogens is 1. The summed E-state index contributed by atoms with van der Waals surface area (Å²) >= 11 is 0. The Labute approximate surface area is 124 Å². The van der Waals surface area contributed by atoms with Crippen molar-refractivity contribution in [3.8, 4) is 0 Å². The molecular weight excluding hydrogens is 272 g/mol. The van der Waals surface area contributed by atoms with E-state index in [2.05, 4.69) is 10.3 Å². The minimum absolute atomic E-state index is 0.0338. The molecule has 1 fully saturated rings. The number of pyridine rings is 1. The van der Waals surface area contributed by atoms with Crippen LogP contribution >= 0.6 is 0 Å². The van der Waals surface area contributed by atoms with Gasteiger partial charge in [-0.1, -0.05) is 0 Å². The van der Waals surface area contributed by atoms with E-state index in [1.54, 1.807) is 7.05 Å². The van der Waals surface area contributed by atoms with E-state index in [1.165, 1.54) is 12.1 Å². The predicted molar refractivity (Wildman–Crippen MR) is 81.9 cm³/mol. The van der Waals surface area contributed by atoms with Gasteiger partial charge < -0.3 is 15.0 Å². The zero-order valence-corrected chi connectivity index (χ0v) is 13.1. The molecule has 0 bridgehead atoms. The SMILES string of the molecule is CNc1cc([N+](=O)[O-])cc(N2CC(C)(C)OC(C)(C)C2)n1. The van der Waals surface area contributed by atoms with Gasteiger partial charge in [0, 0.05) is 20.1 Å². The van der Waals surface area contributed by atoms with Crippen molar-refractivity contribution in [2.75, 3.05) is 30.4 Å². The summed E-state index contributed by atoms with van der Waals surface area (Å²) in [5.41, 5.74) is -0.645. The molecule has 0 spiro atoms. The van der Waals surface area contributed by atoms with Crippen LogP contribution < -0.4 is 10.2 Å². The van der Waals surface area contributed by atoms with Gasteiger partial charge >= 0.3 is 0 Å². The quantitative estimate of drug-likeness (QED) is 0.681. The highest BCUT2D eigenvalue weighted by Gasteiger charge is 2.39. The summed E-state index contributed by atoms with van der Waals surface area (Å²) in [4.78, 5) is 17.1. The maximum Gasteiger partial charge on any atom is 0.276 e. The second-order valence-electron chi connectivity index (χ2n) is 6.55. The Balaban J connectivity index is 2.40. The van der Waals surface area contributed by atoms with Gasteiger partial charge in [0.05, 0.1) is 28.3 Å². The molecule has 7 heteroatoms. The molecule has 0 radical (unpaired) electrons. The number of anilines is 2. The average Bonchev–Trinajstić information content (AvgIpc) is 2.34.